The summed E-state index contributed by atoms with van der Waals surface area (Å²) in [4.78, 5) is 14.5. The molecule has 1 heterocycles. The smallest absolute Gasteiger partial charge is 0.236 e. The van der Waals surface area contributed by atoms with Crippen LogP contribution in [0.2, 0.25) is 0 Å². The predicted octanol–water partition coefficient (Wildman–Crippen LogP) is 2.65. The fourth-order valence-electron chi connectivity index (χ4n) is 3.80. The molecule has 6 nitrogen and oxygen atoms in total. The lowest BCUT2D eigenvalue weighted by Crippen LogP contribution is -2.52. The molecule has 0 spiro atoms. The van der Waals surface area contributed by atoms with Gasteiger partial charge in [0.25, 0.3) is 0 Å². The molecular weight excluding hydrogens is 398 g/mol. The first-order valence-electron chi connectivity index (χ1n) is 10.4. The minimum atomic E-state index is -3.38. The minimum absolute atomic E-state index is 0.00349. The fourth-order valence-corrected chi connectivity index (χ4v) is 5.32. The van der Waals surface area contributed by atoms with E-state index in [0.717, 1.165) is 11.1 Å². The normalized spacial score (nSPS) is 16.6. The van der Waals surface area contributed by atoms with Gasteiger partial charge in [0.15, 0.2) is 0 Å². The van der Waals surface area contributed by atoms with Crippen molar-refractivity contribution in [1.82, 2.24) is 14.5 Å². The highest BCUT2D eigenvalue weighted by atomic mass is 32.2. The third kappa shape index (κ3) is 5.90. The van der Waals surface area contributed by atoms with E-state index < -0.39 is 10.0 Å². The molecular formula is C23H31N3O3S. The molecule has 0 aromatic heterocycles. The molecule has 1 saturated heterocycles. The zero-order valence-corrected chi connectivity index (χ0v) is 18.5. The summed E-state index contributed by atoms with van der Waals surface area (Å²) in [6.45, 7) is 6.03. The Morgan fingerprint density at radius 3 is 2.07 bits per heavy atom. The summed E-state index contributed by atoms with van der Waals surface area (Å²) in [5, 5.41) is 3.38. The molecule has 30 heavy (non-hydrogen) atoms. The van der Waals surface area contributed by atoms with Crippen molar-refractivity contribution in [3.05, 3.63) is 71.8 Å². The van der Waals surface area contributed by atoms with Gasteiger partial charge in [0.1, 0.15) is 0 Å². The summed E-state index contributed by atoms with van der Waals surface area (Å²) in [6.07, 6.45) is 0. The number of amides is 1. The van der Waals surface area contributed by atoms with Crippen molar-refractivity contribution in [2.75, 3.05) is 32.7 Å². The molecule has 2 aromatic rings. The van der Waals surface area contributed by atoms with E-state index in [0.29, 0.717) is 32.1 Å². The van der Waals surface area contributed by atoms with E-state index in [4.69, 9.17) is 0 Å². The largest absolute Gasteiger partial charge is 0.339 e. The number of benzene rings is 2. The van der Waals surface area contributed by atoms with E-state index in [2.05, 4.69) is 31.3 Å². The van der Waals surface area contributed by atoms with Crippen molar-refractivity contribution in [3.8, 4) is 0 Å². The van der Waals surface area contributed by atoms with Crippen molar-refractivity contribution in [2.24, 2.45) is 5.92 Å². The SMILES string of the molecule is CC(C)[C@@H](NCC(=O)N1CCN(S(=O)(=O)Cc2ccccc2)CC1)c1ccccc1. The van der Waals surface area contributed by atoms with Gasteiger partial charge in [-0.1, -0.05) is 74.5 Å². The maximum Gasteiger partial charge on any atom is 0.236 e. The summed E-state index contributed by atoms with van der Waals surface area (Å²) in [7, 11) is -3.38. The minimum Gasteiger partial charge on any atom is -0.339 e. The van der Waals surface area contributed by atoms with Crippen molar-refractivity contribution in [3.63, 3.8) is 0 Å². The van der Waals surface area contributed by atoms with E-state index >= 15 is 0 Å². The number of hydrogen-bond acceptors (Lipinski definition) is 4. The van der Waals surface area contributed by atoms with Gasteiger partial charge in [-0.25, -0.2) is 8.42 Å². The molecule has 3 rings (SSSR count). The second-order valence-electron chi connectivity index (χ2n) is 8.03. The van der Waals surface area contributed by atoms with Crippen LogP contribution in [0.15, 0.2) is 60.7 Å². The topological polar surface area (TPSA) is 69.7 Å². The highest BCUT2D eigenvalue weighted by Gasteiger charge is 2.29. The van der Waals surface area contributed by atoms with E-state index in [9.17, 15) is 13.2 Å². The van der Waals surface area contributed by atoms with Crippen LogP contribution >= 0.6 is 0 Å². The van der Waals surface area contributed by atoms with E-state index in [1.807, 2.05) is 48.5 Å². The summed E-state index contributed by atoms with van der Waals surface area (Å²) >= 11 is 0. The number of nitrogens with zero attached hydrogens (tertiary/aromatic N) is 2. The number of rotatable bonds is 8. The molecule has 1 fully saturated rings. The van der Waals surface area contributed by atoms with Crippen LogP contribution in [0, 0.1) is 5.92 Å². The summed E-state index contributed by atoms with van der Waals surface area (Å²) in [5.74, 6) is 0.355. The third-order valence-electron chi connectivity index (χ3n) is 5.48. The zero-order valence-electron chi connectivity index (χ0n) is 17.7. The van der Waals surface area contributed by atoms with Crippen molar-refractivity contribution in [2.45, 2.75) is 25.6 Å². The van der Waals surface area contributed by atoms with Gasteiger partial charge in [-0.2, -0.15) is 4.31 Å². The van der Waals surface area contributed by atoms with Crippen LogP contribution in [-0.4, -0.2) is 56.3 Å². The first-order valence-corrected chi connectivity index (χ1v) is 12.1. The van der Waals surface area contributed by atoms with Crippen LogP contribution in [0.25, 0.3) is 0 Å². The van der Waals surface area contributed by atoms with Crippen LogP contribution < -0.4 is 5.32 Å². The second-order valence-corrected chi connectivity index (χ2v) is 10.0. The number of sulfonamides is 1. The Bertz CT molecular complexity index is 909. The second kappa shape index (κ2) is 10.2. The summed E-state index contributed by atoms with van der Waals surface area (Å²) in [5.41, 5.74) is 1.94. The molecule has 0 bridgehead atoms. The lowest BCUT2D eigenvalue weighted by molar-refractivity contribution is -0.131. The molecule has 0 unspecified atom stereocenters. The molecule has 0 saturated carbocycles. The van der Waals surface area contributed by atoms with E-state index in [1.165, 1.54) is 4.31 Å². The molecule has 1 amide bonds. The van der Waals surface area contributed by atoms with Crippen LogP contribution in [0.5, 0.6) is 0 Å². The number of nitrogens with one attached hydrogen (secondary N) is 1. The number of carbonyl (C=O) groups is 1. The van der Waals surface area contributed by atoms with Crippen LogP contribution in [0.3, 0.4) is 0 Å². The molecule has 1 atom stereocenters. The predicted molar refractivity (Wildman–Crippen MR) is 119 cm³/mol. The van der Waals surface area contributed by atoms with Gasteiger partial charge < -0.3 is 10.2 Å². The van der Waals surface area contributed by atoms with E-state index in [1.54, 1.807) is 4.90 Å². The van der Waals surface area contributed by atoms with Gasteiger partial charge in [0, 0.05) is 32.2 Å². The average Bonchev–Trinajstić information content (AvgIpc) is 2.75. The summed E-state index contributed by atoms with van der Waals surface area (Å²) < 4.78 is 26.9. The Labute approximate surface area is 179 Å². The molecule has 7 heteroatoms. The highest BCUT2D eigenvalue weighted by molar-refractivity contribution is 7.88. The Kier molecular flexibility index (Phi) is 7.64. The monoisotopic (exact) mass is 429 g/mol. The maximum atomic E-state index is 12.7. The first-order chi connectivity index (χ1) is 14.4. The molecule has 1 aliphatic heterocycles. The molecule has 0 aliphatic carbocycles. The van der Waals surface area contributed by atoms with Gasteiger partial charge in [-0.05, 0) is 17.0 Å². The molecule has 2 aromatic carbocycles. The van der Waals surface area contributed by atoms with Crippen molar-refractivity contribution >= 4 is 15.9 Å². The lowest BCUT2D eigenvalue weighted by atomic mass is 9.96. The fraction of sp³-hybridized carbons (Fsp3) is 0.435. The Balaban J connectivity index is 1.51. The van der Waals surface area contributed by atoms with Crippen LogP contribution in [0.4, 0.5) is 0 Å². The van der Waals surface area contributed by atoms with Crippen molar-refractivity contribution < 1.29 is 13.2 Å². The van der Waals surface area contributed by atoms with Gasteiger partial charge >= 0.3 is 0 Å². The van der Waals surface area contributed by atoms with Gasteiger partial charge in [0.05, 0.1) is 12.3 Å². The molecule has 0 radical (unpaired) electrons. The Morgan fingerprint density at radius 2 is 1.50 bits per heavy atom. The van der Waals surface area contributed by atoms with Gasteiger partial charge in [-0.3, -0.25) is 4.79 Å². The van der Waals surface area contributed by atoms with Crippen LogP contribution in [0.1, 0.15) is 31.0 Å². The first kappa shape index (κ1) is 22.5. The van der Waals surface area contributed by atoms with Crippen molar-refractivity contribution in [1.29, 1.82) is 0 Å². The standard InChI is InChI=1S/C23H31N3O3S/c1-19(2)23(21-11-7-4-8-12-21)24-17-22(27)25-13-15-26(16-14-25)30(28,29)18-20-9-5-3-6-10-20/h3-12,19,23-24H,13-18H2,1-2H3/t23-/m1/s1. The summed E-state index contributed by atoms with van der Waals surface area (Å²) in [6, 6.07) is 19.4. The third-order valence-corrected chi connectivity index (χ3v) is 7.33. The number of piperazine rings is 1. The Morgan fingerprint density at radius 1 is 0.933 bits per heavy atom. The number of hydrogen-bond donors (Lipinski definition) is 1. The number of carbonyl (C=O) groups excluding carboxylic acids is 1. The maximum absolute atomic E-state index is 12.7. The van der Waals surface area contributed by atoms with Crippen LogP contribution in [-0.2, 0) is 20.6 Å². The highest BCUT2D eigenvalue weighted by Crippen LogP contribution is 2.21. The molecule has 1 N–H and O–H groups in total. The quantitative estimate of drug-likeness (QED) is 0.700. The van der Waals surface area contributed by atoms with Gasteiger partial charge in [-0.15, -0.1) is 0 Å². The van der Waals surface area contributed by atoms with E-state index in [-0.39, 0.29) is 24.2 Å². The molecule has 1 aliphatic rings. The lowest BCUT2D eigenvalue weighted by Gasteiger charge is -2.34. The average molecular weight is 430 g/mol. The molecule has 162 valence electrons. The zero-order chi connectivity index (χ0) is 21.6. The Hall–Kier alpha value is -2.22. The van der Waals surface area contributed by atoms with Gasteiger partial charge in [0.2, 0.25) is 15.9 Å².